The fourth-order valence-corrected chi connectivity index (χ4v) is 0.931. The van der Waals surface area contributed by atoms with Gasteiger partial charge in [-0.15, -0.1) is 0 Å². The lowest BCUT2D eigenvalue weighted by molar-refractivity contribution is 0.413. The van der Waals surface area contributed by atoms with Gasteiger partial charge in [0, 0.05) is 23.9 Å². The molecule has 0 aliphatic rings. The molecule has 3 heteroatoms. The predicted octanol–water partition coefficient (Wildman–Crippen LogP) is 1.76. The van der Waals surface area contributed by atoms with E-state index in [-0.39, 0.29) is 0 Å². The Morgan fingerprint density at radius 2 is 2.38 bits per heavy atom. The standard InChI is InChI=1S/C10H11NOS/c1-12-10-6-9(7-11-8-10)4-2-3-5-13/h6-8,13H,3,5H2,1H3. The van der Waals surface area contributed by atoms with Gasteiger partial charge < -0.3 is 4.74 Å². The van der Waals surface area contributed by atoms with Crippen LogP contribution in [0.15, 0.2) is 18.5 Å². The van der Waals surface area contributed by atoms with Crippen LogP contribution in [0, 0.1) is 11.8 Å². The molecule has 0 saturated heterocycles. The van der Waals surface area contributed by atoms with Gasteiger partial charge >= 0.3 is 0 Å². The van der Waals surface area contributed by atoms with E-state index in [1.165, 1.54) is 0 Å². The number of aromatic nitrogens is 1. The third kappa shape index (κ3) is 3.39. The molecule has 13 heavy (non-hydrogen) atoms. The van der Waals surface area contributed by atoms with Crippen molar-refractivity contribution < 1.29 is 4.74 Å². The number of hydrogen-bond donors (Lipinski definition) is 1. The minimum absolute atomic E-state index is 0.734. The number of rotatable bonds is 2. The maximum Gasteiger partial charge on any atom is 0.138 e. The lowest BCUT2D eigenvalue weighted by Gasteiger charge is -1.97. The molecule has 0 bridgehead atoms. The van der Waals surface area contributed by atoms with Gasteiger partial charge in [0.15, 0.2) is 0 Å². The molecule has 0 spiro atoms. The van der Waals surface area contributed by atoms with E-state index in [1.807, 2.05) is 6.07 Å². The zero-order chi connectivity index (χ0) is 9.52. The third-order valence-corrected chi connectivity index (χ3v) is 1.64. The summed E-state index contributed by atoms with van der Waals surface area (Å²) in [5.74, 6) is 7.48. The van der Waals surface area contributed by atoms with E-state index in [0.717, 1.165) is 23.5 Å². The van der Waals surface area contributed by atoms with E-state index in [2.05, 4.69) is 29.5 Å². The molecule has 2 nitrogen and oxygen atoms in total. The largest absolute Gasteiger partial charge is 0.495 e. The van der Waals surface area contributed by atoms with Crippen LogP contribution >= 0.6 is 12.6 Å². The van der Waals surface area contributed by atoms with Crippen molar-refractivity contribution >= 4 is 12.6 Å². The zero-order valence-corrected chi connectivity index (χ0v) is 8.34. The Balaban J connectivity index is 2.73. The summed E-state index contributed by atoms with van der Waals surface area (Å²) in [6.45, 7) is 0. The minimum atomic E-state index is 0.734. The first kappa shape index (κ1) is 9.94. The Bertz CT molecular complexity index is 327. The number of methoxy groups -OCH3 is 1. The van der Waals surface area contributed by atoms with E-state index < -0.39 is 0 Å². The minimum Gasteiger partial charge on any atom is -0.495 e. The van der Waals surface area contributed by atoms with Crippen molar-refractivity contribution in [2.45, 2.75) is 6.42 Å². The molecule has 1 heterocycles. The summed E-state index contributed by atoms with van der Waals surface area (Å²) in [6, 6.07) is 1.86. The van der Waals surface area contributed by atoms with Gasteiger partial charge in [0.25, 0.3) is 0 Å². The highest BCUT2D eigenvalue weighted by molar-refractivity contribution is 7.80. The molecule has 1 rings (SSSR count). The molecule has 68 valence electrons. The van der Waals surface area contributed by atoms with Crippen LogP contribution in [0.4, 0.5) is 0 Å². The van der Waals surface area contributed by atoms with Gasteiger partial charge in [-0.2, -0.15) is 12.6 Å². The monoisotopic (exact) mass is 193 g/mol. The van der Waals surface area contributed by atoms with Crippen LogP contribution in [0.5, 0.6) is 5.75 Å². The van der Waals surface area contributed by atoms with Crippen molar-refractivity contribution in [1.29, 1.82) is 0 Å². The SMILES string of the molecule is COc1cncc(C#CCCS)c1. The number of hydrogen-bond acceptors (Lipinski definition) is 3. The number of pyridine rings is 1. The first-order chi connectivity index (χ1) is 6.36. The van der Waals surface area contributed by atoms with E-state index in [9.17, 15) is 0 Å². The second-order valence-electron chi connectivity index (χ2n) is 2.39. The Hall–Kier alpha value is -1.14. The second kappa shape index (κ2) is 5.50. The topological polar surface area (TPSA) is 22.1 Å². The fraction of sp³-hybridized carbons (Fsp3) is 0.300. The molecule has 0 atom stereocenters. The van der Waals surface area contributed by atoms with Crippen LogP contribution in [0.1, 0.15) is 12.0 Å². The van der Waals surface area contributed by atoms with E-state index >= 15 is 0 Å². The summed E-state index contributed by atoms with van der Waals surface area (Å²) in [6.07, 6.45) is 4.16. The van der Waals surface area contributed by atoms with Gasteiger partial charge in [-0.25, -0.2) is 0 Å². The molecular formula is C10H11NOS. The Labute approximate surface area is 83.7 Å². The van der Waals surface area contributed by atoms with Crippen molar-refractivity contribution in [1.82, 2.24) is 4.98 Å². The number of ether oxygens (including phenoxy) is 1. The molecule has 0 N–H and O–H groups in total. The van der Waals surface area contributed by atoms with Crippen molar-refractivity contribution in [2.75, 3.05) is 12.9 Å². The highest BCUT2D eigenvalue weighted by Crippen LogP contribution is 2.08. The summed E-state index contributed by atoms with van der Waals surface area (Å²) in [5, 5.41) is 0. The van der Waals surface area contributed by atoms with Crippen molar-refractivity contribution in [3.8, 4) is 17.6 Å². The van der Waals surface area contributed by atoms with Crippen LogP contribution in [-0.2, 0) is 0 Å². The molecule has 0 aliphatic heterocycles. The first-order valence-corrected chi connectivity index (χ1v) is 4.59. The highest BCUT2D eigenvalue weighted by atomic mass is 32.1. The van der Waals surface area contributed by atoms with E-state index in [0.29, 0.717) is 0 Å². The molecule has 0 aliphatic carbocycles. The first-order valence-electron chi connectivity index (χ1n) is 3.95. The van der Waals surface area contributed by atoms with Crippen molar-refractivity contribution in [3.63, 3.8) is 0 Å². The summed E-state index contributed by atoms with van der Waals surface area (Å²) < 4.78 is 5.02. The van der Waals surface area contributed by atoms with Crippen LogP contribution < -0.4 is 4.74 Å². The molecule has 1 aromatic heterocycles. The molecule has 0 radical (unpaired) electrons. The van der Waals surface area contributed by atoms with Gasteiger partial charge in [-0.3, -0.25) is 4.98 Å². The number of nitrogens with zero attached hydrogens (tertiary/aromatic N) is 1. The Kier molecular flexibility index (Phi) is 4.20. The van der Waals surface area contributed by atoms with Crippen LogP contribution in [0.2, 0.25) is 0 Å². The van der Waals surface area contributed by atoms with E-state index in [4.69, 9.17) is 4.74 Å². The quantitative estimate of drug-likeness (QED) is 0.571. The molecule has 0 aromatic carbocycles. The highest BCUT2D eigenvalue weighted by Gasteiger charge is 1.91. The summed E-state index contributed by atoms with van der Waals surface area (Å²) in [7, 11) is 1.61. The van der Waals surface area contributed by atoms with Gasteiger partial charge in [-0.05, 0) is 6.07 Å². The summed E-state index contributed by atoms with van der Waals surface area (Å²) in [5.41, 5.74) is 0.876. The molecular weight excluding hydrogens is 182 g/mol. The van der Waals surface area contributed by atoms with Gasteiger partial charge in [0.2, 0.25) is 0 Å². The van der Waals surface area contributed by atoms with E-state index in [1.54, 1.807) is 19.5 Å². The maximum absolute atomic E-state index is 5.02. The third-order valence-electron chi connectivity index (χ3n) is 1.42. The average Bonchev–Trinajstić information content (AvgIpc) is 2.19. The van der Waals surface area contributed by atoms with Crippen LogP contribution in [0.3, 0.4) is 0 Å². The normalized spacial score (nSPS) is 8.77. The molecule has 1 aromatic rings. The fourth-order valence-electron chi connectivity index (χ4n) is 0.819. The molecule has 0 unspecified atom stereocenters. The summed E-state index contributed by atoms with van der Waals surface area (Å²) >= 11 is 4.06. The smallest absolute Gasteiger partial charge is 0.138 e. The summed E-state index contributed by atoms with van der Waals surface area (Å²) in [4.78, 5) is 3.99. The lowest BCUT2D eigenvalue weighted by Crippen LogP contribution is -1.85. The number of thiol groups is 1. The lowest BCUT2D eigenvalue weighted by atomic mass is 10.3. The predicted molar refractivity (Wildman–Crippen MR) is 56.1 cm³/mol. The maximum atomic E-state index is 5.02. The second-order valence-corrected chi connectivity index (χ2v) is 2.84. The molecule has 0 amide bonds. The van der Waals surface area contributed by atoms with Gasteiger partial charge in [-0.1, -0.05) is 11.8 Å². The average molecular weight is 193 g/mol. The van der Waals surface area contributed by atoms with Crippen molar-refractivity contribution in [2.24, 2.45) is 0 Å². The van der Waals surface area contributed by atoms with Crippen molar-refractivity contribution in [3.05, 3.63) is 24.0 Å². The molecule has 0 saturated carbocycles. The van der Waals surface area contributed by atoms with Crippen LogP contribution in [0.25, 0.3) is 0 Å². The Morgan fingerprint density at radius 3 is 3.08 bits per heavy atom. The Morgan fingerprint density at radius 1 is 1.54 bits per heavy atom. The molecule has 0 fully saturated rings. The van der Waals surface area contributed by atoms with Gasteiger partial charge in [0.1, 0.15) is 5.75 Å². The van der Waals surface area contributed by atoms with Crippen LogP contribution in [-0.4, -0.2) is 17.8 Å². The van der Waals surface area contributed by atoms with Gasteiger partial charge in [0.05, 0.1) is 13.3 Å². The zero-order valence-electron chi connectivity index (χ0n) is 7.45.